The molecule has 9 rings (SSSR count). The lowest BCUT2D eigenvalue weighted by molar-refractivity contribution is 0.765. The van der Waals surface area contributed by atoms with Crippen LogP contribution in [0.2, 0.25) is 0 Å². The van der Waals surface area contributed by atoms with Gasteiger partial charge >= 0.3 is 0 Å². The number of rotatable bonds is 7. The zero-order valence-electron chi connectivity index (χ0n) is 28.9. The third-order valence-corrected chi connectivity index (χ3v) is 10.5. The quantitative estimate of drug-likeness (QED) is 0.155. The number of benzene rings is 7. The van der Waals surface area contributed by atoms with Crippen molar-refractivity contribution in [1.82, 2.24) is 4.57 Å². The van der Waals surface area contributed by atoms with Gasteiger partial charge in [0.1, 0.15) is 0 Å². The van der Waals surface area contributed by atoms with Gasteiger partial charge in [-0.3, -0.25) is 0 Å². The van der Waals surface area contributed by atoms with Crippen molar-refractivity contribution in [2.45, 2.75) is 19.3 Å². The summed E-state index contributed by atoms with van der Waals surface area (Å²) >= 11 is 0. The van der Waals surface area contributed by atoms with Gasteiger partial charge in [-0.2, -0.15) is 0 Å². The zero-order chi connectivity index (χ0) is 34.4. The predicted molar refractivity (Wildman–Crippen MR) is 216 cm³/mol. The van der Waals surface area contributed by atoms with E-state index in [-0.39, 0.29) is 0 Å². The second-order valence-corrected chi connectivity index (χ2v) is 13.2. The van der Waals surface area contributed by atoms with Crippen LogP contribution < -0.4 is 4.90 Å². The third kappa shape index (κ3) is 4.71. The number of nitrogens with zero attached hydrogens (tertiary/aromatic N) is 2. The number of fused-ring (bicyclic) bond motifs is 6. The van der Waals surface area contributed by atoms with Crippen molar-refractivity contribution in [3.05, 3.63) is 216 Å². The van der Waals surface area contributed by atoms with Crippen molar-refractivity contribution in [2.75, 3.05) is 4.90 Å². The smallest absolute Gasteiger partial charge is 0.0711 e. The molecule has 1 aliphatic carbocycles. The zero-order valence-corrected chi connectivity index (χ0v) is 28.9. The molecule has 1 atom stereocenters. The minimum atomic E-state index is -0.459. The largest absolute Gasteiger partial charge is 0.311 e. The highest BCUT2D eigenvalue weighted by atomic mass is 15.1. The van der Waals surface area contributed by atoms with E-state index in [2.05, 4.69) is 217 Å². The highest BCUT2D eigenvalue weighted by Gasteiger charge is 2.46. The molecule has 0 N–H and O–H groups in total. The first kappa shape index (κ1) is 30.7. The second kappa shape index (κ2) is 12.5. The molecule has 1 heterocycles. The first-order chi connectivity index (χ1) is 25.2. The number of aromatic nitrogens is 1. The maximum absolute atomic E-state index is 2.48. The van der Waals surface area contributed by atoms with Crippen LogP contribution >= 0.6 is 0 Å². The fourth-order valence-corrected chi connectivity index (χ4v) is 8.46. The van der Waals surface area contributed by atoms with E-state index in [1.165, 1.54) is 55.2 Å². The Morgan fingerprint density at radius 2 is 1.10 bits per heavy atom. The summed E-state index contributed by atoms with van der Waals surface area (Å²) in [4.78, 5) is 2.31. The van der Waals surface area contributed by atoms with Gasteiger partial charge in [-0.15, -0.1) is 0 Å². The third-order valence-electron chi connectivity index (χ3n) is 10.5. The Hall–Kier alpha value is -6.38. The first-order valence-electron chi connectivity index (χ1n) is 17.8. The van der Waals surface area contributed by atoms with Crippen LogP contribution in [0.5, 0.6) is 0 Å². The second-order valence-electron chi connectivity index (χ2n) is 13.2. The molecule has 1 unspecified atom stereocenters. The van der Waals surface area contributed by atoms with Gasteiger partial charge in [-0.1, -0.05) is 127 Å². The predicted octanol–water partition coefficient (Wildman–Crippen LogP) is 13.1. The van der Waals surface area contributed by atoms with Gasteiger partial charge in [0.2, 0.25) is 0 Å². The summed E-state index contributed by atoms with van der Waals surface area (Å²) in [7, 11) is 0. The molecular weight excluding hydrogens is 617 g/mol. The average molecular weight is 655 g/mol. The first-order valence-corrected chi connectivity index (χ1v) is 17.8. The van der Waals surface area contributed by atoms with Crippen molar-refractivity contribution in [1.29, 1.82) is 0 Å². The van der Waals surface area contributed by atoms with Gasteiger partial charge in [0.05, 0.1) is 16.4 Å². The van der Waals surface area contributed by atoms with E-state index in [1.807, 2.05) is 0 Å². The van der Waals surface area contributed by atoms with Gasteiger partial charge < -0.3 is 9.47 Å². The van der Waals surface area contributed by atoms with Crippen LogP contribution in [0.4, 0.5) is 17.1 Å². The SMILES string of the molecule is C/C=C\C(=C/C)C1(c2ccccc2)c2ccccc2-c2cc3c4ccccc4n(-c4ccc(N(c5ccccc5)c5ccccc5)cc4)c3cc21. The van der Waals surface area contributed by atoms with Crippen LogP contribution in [0.15, 0.2) is 200 Å². The van der Waals surface area contributed by atoms with Crippen LogP contribution in [0.25, 0.3) is 38.6 Å². The molecule has 0 fully saturated rings. The normalized spacial score (nSPS) is 15.4. The maximum Gasteiger partial charge on any atom is 0.0711 e. The minimum Gasteiger partial charge on any atom is -0.311 e. The van der Waals surface area contributed by atoms with Gasteiger partial charge in [-0.05, 0) is 114 Å². The Morgan fingerprint density at radius 1 is 0.510 bits per heavy atom. The molecule has 0 bridgehead atoms. The Balaban J connectivity index is 1.30. The Morgan fingerprint density at radius 3 is 1.76 bits per heavy atom. The standard InChI is InChI=1S/C49H38N2/c1-3-18-35(4-2)49(36-19-8-5-9-20-36)45-27-16-14-25-41(45)43-33-44-42-26-15-17-28-47(42)51(48(44)34-46(43)49)40-31-29-39(30-32-40)50(37-21-10-6-11-22-37)38-23-12-7-13-24-38/h3-34H,1-2H3/b18-3-,35-4+. The average Bonchev–Trinajstić information content (AvgIpc) is 3.68. The summed E-state index contributed by atoms with van der Waals surface area (Å²) < 4.78 is 2.45. The summed E-state index contributed by atoms with van der Waals surface area (Å²) in [6, 6.07) is 64.0. The van der Waals surface area contributed by atoms with Gasteiger partial charge in [-0.25, -0.2) is 0 Å². The summed E-state index contributed by atoms with van der Waals surface area (Å²) in [6.45, 7) is 4.29. The van der Waals surface area contributed by atoms with E-state index in [0.717, 1.165) is 22.7 Å². The molecule has 1 aromatic heterocycles. The van der Waals surface area contributed by atoms with E-state index in [1.54, 1.807) is 0 Å². The lowest BCUT2D eigenvalue weighted by Gasteiger charge is -2.34. The van der Waals surface area contributed by atoms with Gasteiger partial charge in [0.15, 0.2) is 0 Å². The number of allylic oxidation sites excluding steroid dienone is 4. The number of hydrogen-bond donors (Lipinski definition) is 0. The molecule has 0 amide bonds. The topological polar surface area (TPSA) is 8.17 Å². The molecule has 2 nitrogen and oxygen atoms in total. The minimum absolute atomic E-state index is 0.459. The molecule has 0 saturated heterocycles. The summed E-state index contributed by atoms with van der Waals surface area (Å²) in [5, 5.41) is 2.51. The van der Waals surface area contributed by atoms with Crippen LogP contribution in [0.1, 0.15) is 30.5 Å². The van der Waals surface area contributed by atoms with Crippen molar-refractivity contribution in [3.63, 3.8) is 0 Å². The Labute approximate surface area is 299 Å². The van der Waals surface area contributed by atoms with Gasteiger partial charge in [0, 0.05) is 33.5 Å². The lowest BCUT2D eigenvalue weighted by atomic mass is 9.67. The van der Waals surface area contributed by atoms with Crippen molar-refractivity contribution >= 4 is 38.9 Å². The molecule has 2 heteroatoms. The number of anilines is 3. The van der Waals surface area contributed by atoms with E-state index in [9.17, 15) is 0 Å². The number of hydrogen-bond acceptors (Lipinski definition) is 1. The van der Waals surface area contributed by atoms with Crippen LogP contribution in [-0.2, 0) is 5.41 Å². The Kier molecular flexibility index (Phi) is 7.51. The fraction of sp³-hybridized carbons (Fsp3) is 0.0612. The summed E-state index contributed by atoms with van der Waals surface area (Å²) in [5.74, 6) is 0. The molecule has 0 saturated carbocycles. The highest BCUT2D eigenvalue weighted by molar-refractivity contribution is 6.12. The maximum atomic E-state index is 2.48. The lowest BCUT2D eigenvalue weighted by Crippen LogP contribution is -2.29. The van der Waals surface area contributed by atoms with Crippen LogP contribution in [0, 0.1) is 0 Å². The monoisotopic (exact) mass is 654 g/mol. The molecule has 0 radical (unpaired) electrons. The van der Waals surface area contributed by atoms with E-state index < -0.39 is 5.41 Å². The van der Waals surface area contributed by atoms with Crippen molar-refractivity contribution in [2.24, 2.45) is 0 Å². The van der Waals surface area contributed by atoms with Gasteiger partial charge in [0.25, 0.3) is 0 Å². The summed E-state index contributed by atoms with van der Waals surface area (Å²) in [5.41, 5.74) is 14.2. The van der Waals surface area contributed by atoms with Crippen LogP contribution in [-0.4, -0.2) is 4.57 Å². The van der Waals surface area contributed by atoms with E-state index in [0.29, 0.717) is 0 Å². The summed E-state index contributed by atoms with van der Waals surface area (Å²) in [6.07, 6.45) is 6.76. The van der Waals surface area contributed by atoms with Crippen molar-refractivity contribution in [3.8, 4) is 16.8 Å². The molecule has 7 aromatic carbocycles. The fourth-order valence-electron chi connectivity index (χ4n) is 8.46. The molecule has 1 aliphatic rings. The molecule has 0 aliphatic heterocycles. The molecule has 0 spiro atoms. The van der Waals surface area contributed by atoms with E-state index >= 15 is 0 Å². The number of para-hydroxylation sites is 3. The molecule has 51 heavy (non-hydrogen) atoms. The van der Waals surface area contributed by atoms with Crippen molar-refractivity contribution < 1.29 is 0 Å². The molecular formula is C49H38N2. The highest BCUT2D eigenvalue weighted by Crippen LogP contribution is 2.58. The molecule has 244 valence electrons. The van der Waals surface area contributed by atoms with E-state index in [4.69, 9.17) is 0 Å². The Bertz CT molecular complexity index is 2540. The van der Waals surface area contributed by atoms with Crippen LogP contribution in [0.3, 0.4) is 0 Å². The molecule has 8 aromatic rings.